The second-order valence-corrected chi connectivity index (χ2v) is 11.3. The summed E-state index contributed by atoms with van der Waals surface area (Å²) in [5, 5.41) is 9.24. The van der Waals surface area contributed by atoms with Crippen molar-refractivity contribution in [1.29, 1.82) is 0 Å². The Hall–Kier alpha value is -3.71. The number of aromatic nitrogens is 1. The third kappa shape index (κ3) is 6.67. The van der Waals surface area contributed by atoms with Crippen LogP contribution in [0.2, 0.25) is 0 Å². The number of amides is 1. The first kappa shape index (κ1) is 31.2. The van der Waals surface area contributed by atoms with E-state index < -0.39 is 63.4 Å². The molecule has 1 aliphatic carbocycles. The van der Waals surface area contributed by atoms with Crippen molar-refractivity contribution in [2.24, 2.45) is 0 Å². The van der Waals surface area contributed by atoms with E-state index in [-0.39, 0.29) is 24.3 Å². The van der Waals surface area contributed by atoms with Gasteiger partial charge in [-0.25, -0.2) is 35.3 Å². The summed E-state index contributed by atoms with van der Waals surface area (Å²) in [6.45, 7) is 0.319. The van der Waals surface area contributed by atoms with Gasteiger partial charge in [-0.1, -0.05) is 32.3 Å². The average Bonchev–Trinajstić information content (AvgIpc) is 3.01. The van der Waals surface area contributed by atoms with Crippen LogP contribution in [0.1, 0.15) is 66.6 Å². The van der Waals surface area contributed by atoms with Crippen LogP contribution in [0, 0.1) is 29.1 Å². The summed E-state index contributed by atoms with van der Waals surface area (Å²) in [6, 6.07) is 9.03. The molecule has 1 heterocycles. The molecule has 0 bridgehead atoms. The summed E-state index contributed by atoms with van der Waals surface area (Å²) < 4.78 is 83.6. The van der Waals surface area contributed by atoms with E-state index in [0.717, 1.165) is 35.6 Å². The number of aromatic carboxylic acids is 1. The first-order chi connectivity index (χ1) is 20.0. The number of hydrogen-bond donors (Lipinski definition) is 1. The number of carboxylic acids is 1. The minimum Gasteiger partial charge on any atom is -0.478 e. The predicted octanol–water partition coefficient (Wildman–Crippen LogP) is 6.10. The molecule has 0 radical (unpaired) electrons. The van der Waals surface area contributed by atoms with Crippen LogP contribution in [0.15, 0.2) is 47.5 Å². The molecular weight excluding hydrogens is 581 g/mol. The first-order valence-electron chi connectivity index (χ1n) is 13.3. The van der Waals surface area contributed by atoms with Crippen molar-refractivity contribution in [1.82, 2.24) is 9.29 Å². The molecular formula is C29H28F5N3O4S. The normalized spacial score (nSPS) is 14.6. The summed E-state index contributed by atoms with van der Waals surface area (Å²) in [6.07, 6.45) is 7.35. The van der Waals surface area contributed by atoms with E-state index in [9.17, 15) is 40.9 Å². The van der Waals surface area contributed by atoms with Crippen molar-refractivity contribution in [3.8, 4) is 0 Å². The van der Waals surface area contributed by atoms with Gasteiger partial charge in [0.05, 0.1) is 24.3 Å². The molecule has 42 heavy (non-hydrogen) atoms. The number of pyridine rings is 1. The van der Waals surface area contributed by atoms with Crippen LogP contribution in [0.25, 0.3) is 0 Å². The molecule has 3 aromatic rings. The fraction of sp³-hybridized carbons (Fsp3) is 0.345. The quantitative estimate of drug-likeness (QED) is 0.170. The monoisotopic (exact) mass is 609 g/mol. The van der Waals surface area contributed by atoms with Crippen molar-refractivity contribution < 1.29 is 40.9 Å². The molecule has 1 aromatic heterocycles. The first-order valence-corrected chi connectivity index (χ1v) is 14.4. The van der Waals surface area contributed by atoms with Crippen molar-refractivity contribution in [2.45, 2.75) is 56.4 Å². The second kappa shape index (κ2) is 13.5. The lowest BCUT2D eigenvalue weighted by molar-refractivity contribution is -0.118. The number of carbonyl (C=O) groups excluding carboxylic acids is 1. The highest BCUT2D eigenvalue weighted by Gasteiger charge is 2.33. The second-order valence-electron chi connectivity index (χ2n) is 9.85. The zero-order chi connectivity index (χ0) is 30.6. The number of carboxylic acid groups (broad SMARTS) is 1. The van der Waals surface area contributed by atoms with E-state index >= 15 is 0 Å². The molecule has 4 rings (SSSR count). The number of nitrogens with zero attached hydrogens (tertiary/aromatic N) is 3. The van der Waals surface area contributed by atoms with Gasteiger partial charge in [-0.05, 0) is 54.7 Å². The van der Waals surface area contributed by atoms with Gasteiger partial charge >= 0.3 is 5.97 Å². The predicted molar refractivity (Wildman–Crippen MR) is 145 cm³/mol. The number of likely N-dealkylation sites (N-methyl/N-ethyl adjacent to an activating group) is 1. The third-order valence-corrected chi connectivity index (χ3v) is 8.78. The lowest BCUT2D eigenvalue weighted by Gasteiger charge is -2.27. The number of anilines is 1. The van der Waals surface area contributed by atoms with Crippen LogP contribution >= 0.6 is 0 Å². The summed E-state index contributed by atoms with van der Waals surface area (Å²) in [4.78, 5) is 29.0. The van der Waals surface area contributed by atoms with Gasteiger partial charge in [0, 0.05) is 18.4 Å². The van der Waals surface area contributed by atoms with Gasteiger partial charge < -0.3 is 10.0 Å². The highest BCUT2D eigenvalue weighted by molar-refractivity contribution is 7.82. The zero-order valence-electron chi connectivity index (χ0n) is 22.6. The Kier molecular flexibility index (Phi) is 10.0. The minimum atomic E-state index is -2.93. The van der Waals surface area contributed by atoms with Crippen LogP contribution < -0.4 is 4.90 Å². The van der Waals surface area contributed by atoms with E-state index in [1.165, 1.54) is 42.5 Å². The standard InChI is InChI=1S/C29H28F5N3O4S/c1-2-36(42(41)28-26(33)24(31)23(30)25(32)27(28)34)16-22(38)37(21-12-9-18(10-13-21)29(39)40)15-20-11-8-19(14-35-20)17-6-4-3-5-7-17/h8-14,17H,2-7,15-16H2,1H3,(H,39,40). The molecule has 0 aliphatic heterocycles. The molecule has 1 aliphatic rings. The summed E-state index contributed by atoms with van der Waals surface area (Å²) in [7, 11) is -2.93. The van der Waals surface area contributed by atoms with Crippen LogP contribution in [-0.2, 0) is 22.3 Å². The molecule has 1 N–H and O–H groups in total. The van der Waals surface area contributed by atoms with Gasteiger partial charge in [0.2, 0.25) is 11.7 Å². The molecule has 1 atom stereocenters. The van der Waals surface area contributed by atoms with E-state index in [0.29, 0.717) is 11.6 Å². The maximum absolute atomic E-state index is 14.4. The molecule has 1 saturated carbocycles. The van der Waals surface area contributed by atoms with Crippen LogP contribution in [-0.4, -0.2) is 43.6 Å². The van der Waals surface area contributed by atoms with Gasteiger partial charge in [-0.2, -0.15) is 0 Å². The molecule has 7 nitrogen and oxygen atoms in total. The number of hydrogen-bond acceptors (Lipinski definition) is 4. The maximum atomic E-state index is 14.4. The van der Waals surface area contributed by atoms with Crippen molar-refractivity contribution in [3.05, 3.63) is 88.5 Å². The smallest absolute Gasteiger partial charge is 0.335 e. The molecule has 1 unspecified atom stereocenters. The Morgan fingerprint density at radius 2 is 1.50 bits per heavy atom. The fourth-order valence-electron chi connectivity index (χ4n) is 4.87. The largest absolute Gasteiger partial charge is 0.478 e. The summed E-state index contributed by atoms with van der Waals surface area (Å²) >= 11 is 0. The Bertz CT molecular complexity index is 1450. The Morgan fingerprint density at radius 3 is 2.02 bits per heavy atom. The molecule has 1 amide bonds. The molecule has 0 spiro atoms. The van der Waals surface area contributed by atoms with Gasteiger partial charge in [-0.3, -0.25) is 9.78 Å². The van der Waals surface area contributed by atoms with Gasteiger partial charge in [0.15, 0.2) is 23.3 Å². The number of halogens is 5. The summed E-state index contributed by atoms with van der Waals surface area (Å²) in [5.41, 5.74) is 1.77. The minimum absolute atomic E-state index is 0.0382. The van der Waals surface area contributed by atoms with E-state index in [1.807, 2.05) is 6.07 Å². The van der Waals surface area contributed by atoms with E-state index in [2.05, 4.69) is 4.98 Å². The molecule has 1 fully saturated rings. The lowest BCUT2D eigenvalue weighted by Crippen LogP contribution is -2.41. The fourth-order valence-corrected chi connectivity index (χ4v) is 6.07. The van der Waals surface area contributed by atoms with Gasteiger partial charge in [-0.15, -0.1) is 0 Å². The number of benzene rings is 2. The van der Waals surface area contributed by atoms with Gasteiger partial charge in [0.25, 0.3) is 0 Å². The van der Waals surface area contributed by atoms with Gasteiger partial charge in [0.1, 0.15) is 15.9 Å². The molecule has 13 heteroatoms. The summed E-state index contributed by atoms with van der Waals surface area (Å²) in [5.74, 6) is -12.9. The SMILES string of the molecule is CCN(CC(=O)N(Cc1ccc(C2CCCCC2)cn1)c1ccc(C(=O)O)cc1)S(=O)c1c(F)c(F)c(F)c(F)c1F. The van der Waals surface area contributed by atoms with Crippen molar-refractivity contribution in [2.75, 3.05) is 18.0 Å². The third-order valence-electron chi connectivity index (χ3n) is 7.21. The Balaban J connectivity index is 1.62. The molecule has 0 saturated heterocycles. The highest BCUT2D eigenvalue weighted by Crippen LogP contribution is 2.32. The lowest BCUT2D eigenvalue weighted by atomic mass is 9.85. The van der Waals surface area contributed by atoms with Crippen LogP contribution in [0.5, 0.6) is 0 Å². The Morgan fingerprint density at radius 1 is 0.905 bits per heavy atom. The highest BCUT2D eigenvalue weighted by atomic mass is 32.2. The van der Waals surface area contributed by atoms with Crippen molar-refractivity contribution in [3.63, 3.8) is 0 Å². The van der Waals surface area contributed by atoms with Crippen LogP contribution in [0.4, 0.5) is 27.6 Å². The van der Waals surface area contributed by atoms with E-state index in [1.54, 1.807) is 12.3 Å². The zero-order valence-corrected chi connectivity index (χ0v) is 23.4. The maximum Gasteiger partial charge on any atom is 0.335 e. The number of carbonyl (C=O) groups is 2. The van der Waals surface area contributed by atoms with Crippen LogP contribution in [0.3, 0.4) is 0 Å². The van der Waals surface area contributed by atoms with Crippen molar-refractivity contribution >= 4 is 28.5 Å². The van der Waals surface area contributed by atoms with E-state index in [4.69, 9.17) is 0 Å². The number of rotatable bonds is 10. The molecule has 2 aromatic carbocycles. The molecule has 224 valence electrons. The average molecular weight is 610 g/mol. The Labute approximate surface area is 241 Å². The topological polar surface area (TPSA) is 90.8 Å².